The number of ether oxygens (including phenoxy) is 1. The van der Waals surface area contributed by atoms with E-state index in [0.29, 0.717) is 6.54 Å². The standard InChI is InChI=1S/C14H17NO2S/c1-5-11-10-7-9-18-12(10)6-8-15(11)13(16)17-14(2,3)4/h1,7,9,11H,6,8H2,2-4H3/t11-/m0/s1. The van der Waals surface area contributed by atoms with Crippen LogP contribution in [-0.4, -0.2) is 23.1 Å². The van der Waals surface area contributed by atoms with Crippen molar-refractivity contribution in [3.8, 4) is 12.3 Å². The van der Waals surface area contributed by atoms with Crippen LogP contribution in [0.25, 0.3) is 0 Å². The third-order valence-electron chi connectivity index (χ3n) is 2.75. The van der Waals surface area contributed by atoms with Gasteiger partial charge in [0.1, 0.15) is 11.6 Å². The summed E-state index contributed by atoms with van der Waals surface area (Å²) in [5.41, 5.74) is 0.574. The van der Waals surface area contributed by atoms with Crippen molar-refractivity contribution in [2.24, 2.45) is 0 Å². The van der Waals surface area contributed by atoms with Crippen molar-refractivity contribution in [2.75, 3.05) is 6.54 Å². The van der Waals surface area contributed by atoms with Crippen molar-refractivity contribution in [2.45, 2.75) is 38.8 Å². The first-order valence-corrected chi connectivity index (χ1v) is 6.82. The number of terminal acetylenes is 1. The maximum atomic E-state index is 12.1. The van der Waals surface area contributed by atoms with Crippen LogP contribution in [0.15, 0.2) is 11.4 Å². The summed E-state index contributed by atoms with van der Waals surface area (Å²) in [5, 5.41) is 2.02. The van der Waals surface area contributed by atoms with Gasteiger partial charge in [-0.25, -0.2) is 4.79 Å². The molecule has 0 radical (unpaired) electrons. The zero-order chi connectivity index (χ0) is 13.3. The molecule has 1 aliphatic heterocycles. The summed E-state index contributed by atoms with van der Waals surface area (Å²) in [7, 11) is 0. The first kappa shape index (κ1) is 13.0. The van der Waals surface area contributed by atoms with E-state index in [0.717, 1.165) is 12.0 Å². The van der Waals surface area contributed by atoms with Crippen LogP contribution in [0.4, 0.5) is 4.79 Å². The summed E-state index contributed by atoms with van der Waals surface area (Å²) in [4.78, 5) is 15.0. The Hall–Kier alpha value is -1.47. The van der Waals surface area contributed by atoms with Gasteiger partial charge in [0.2, 0.25) is 0 Å². The van der Waals surface area contributed by atoms with Gasteiger partial charge in [-0.15, -0.1) is 17.8 Å². The van der Waals surface area contributed by atoms with Crippen molar-refractivity contribution in [3.05, 3.63) is 21.9 Å². The van der Waals surface area contributed by atoms with Gasteiger partial charge in [-0.05, 0) is 38.6 Å². The lowest BCUT2D eigenvalue weighted by Crippen LogP contribution is -2.42. The molecule has 0 N–H and O–H groups in total. The van der Waals surface area contributed by atoms with Crippen LogP contribution in [0, 0.1) is 12.3 Å². The molecular weight excluding hydrogens is 246 g/mol. The molecule has 0 aromatic carbocycles. The Morgan fingerprint density at radius 3 is 2.94 bits per heavy atom. The molecule has 0 saturated heterocycles. The Balaban J connectivity index is 2.21. The second kappa shape index (κ2) is 4.66. The highest BCUT2D eigenvalue weighted by Crippen LogP contribution is 2.33. The molecule has 1 atom stereocenters. The number of rotatable bonds is 0. The van der Waals surface area contributed by atoms with E-state index in [4.69, 9.17) is 11.2 Å². The van der Waals surface area contributed by atoms with E-state index in [1.54, 1.807) is 16.2 Å². The third kappa shape index (κ3) is 2.51. The number of fused-ring (bicyclic) bond motifs is 1. The minimum absolute atomic E-state index is 0.296. The average molecular weight is 263 g/mol. The molecule has 1 aromatic rings. The Morgan fingerprint density at radius 1 is 1.61 bits per heavy atom. The first-order valence-electron chi connectivity index (χ1n) is 5.94. The molecule has 3 nitrogen and oxygen atoms in total. The Labute approximate surface area is 112 Å². The maximum Gasteiger partial charge on any atom is 0.411 e. The molecule has 2 heterocycles. The van der Waals surface area contributed by atoms with Gasteiger partial charge in [0.05, 0.1) is 0 Å². The van der Waals surface area contributed by atoms with Crippen molar-refractivity contribution >= 4 is 17.4 Å². The molecule has 0 unspecified atom stereocenters. The van der Waals surface area contributed by atoms with Gasteiger partial charge in [-0.1, -0.05) is 5.92 Å². The summed E-state index contributed by atoms with van der Waals surface area (Å²) in [5.74, 6) is 2.69. The van der Waals surface area contributed by atoms with E-state index in [9.17, 15) is 4.79 Å². The van der Waals surface area contributed by atoms with Gasteiger partial charge in [0.25, 0.3) is 0 Å². The lowest BCUT2D eigenvalue weighted by molar-refractivity contribution is 0.0194. The average Bonchev–Trinajstić information content (AvgIpc) is 2.72. The van der Waals surface area contributed by atoms with Crippen molar-refractivity contribution < 1.29 is 9.53 Å². The van der Waals surface area contributed by atoms with Crippen LogP contribution in [0.5, 0.6) is 0 Å². The fourth-order valence-electron chi connectivity index (χ4n) is 2.01. The normalized spacial score (nSPS) is 19.0. The number of hydrogen-bond donors (Lipinski definition) is 0. The Bertz CT molecular complexity index is 493. The van der Waals surface area contributed by atoms with E-state index in [1.165, 1.54) is 4.88 Å². The maximum absolute atomic E-state index is 12.1. The third-order valence-corrected chi connectivity index (χ3v) is 3.75. The van der Waals surface area contributed by atoms with Crippen LogP contribution in [0.2, 0.25) is 0 Å². The van der Waals surface area contributed by atoms with Crippen LogP contribution in [0.1, 0.15) is 37.3 Å². The molecule has 4 heteroatoms. The molecule has 0 fully saturated rings. The van der Waals surface area contributed by atoms with E-state index < -0.39 is 5.60 Å². The quantitative estimate of drug-likeness (QED) is 0.673. The van der Waals surface area contributed by atoms with Crippen LogP contribution >= 0.6 is 11.3 Å². The molecule has 2 rings (SSSR count). The molecule has 0 spiro atoms. The van der Waals surface area contributed by atoms with Crippen molar-refractivity contribution in [3.63, 3.8) is 0 Å². The van der Waals surface area contributed by atoms with Gasteiger partial charge in [0.15, 0.2) is 0 Å². The SMILES string of the molecule is C#C[C@H]1c2ccsc2CCN1C(=O)OC(C)(C)C. The van der Waals surface area contributed by atoms with E-state index in [1.807, 2.05) is 32.2 Å². The van der Waals surface area contributed by atoms with Gasteiger partial charge in [-0.3, -0.25) is 4.90 Å². The summed E-state index contributed by atoms with van der Waals surface area (Å²) in [6, 6.07) is 1.70. The predicted octanol–water partition coefficient (Wildman–Crippen LogP) is 3.22. The second-order valence-electron chi connectivity index (χ2n) is 5.29. The van der Waals surface area contributed by atoms with Gasteiger partial charge < -0.3 is 4.74 Å². The number of carbonyl (C=O) groups excluding carboxylic acids is 1. The highest BCUT2D eigenvalue weighted by Gasteiger charge is 2.33. The number of hydrogen-bond acceptors (Lipinski definition) is 3. The molecule has 1 aliphatic rings. The summed E-state index contributed by atoms with van der Waals surface area (Å²) >= 11 is 1.70. The zero-order valence-corrected chi connectivity index (χ0v) is 11.7. The summed E-state index contributed by atoms with van der Waals surface area (Å²) in [6.45, 7) is 6.19. The molecule has 1 aromatic heterocycles. The molecule has 18 heavy (non-hydrogen) atoms. The van der Waals surface area contributed by atoms with Crippen molar-refractivity contribution in [1.82, 2.24) is 4.90 Å². The van der Waals surface area contributed by atoms with E-state index >= 15 is 0 Å². The topological polar surface area (TPSA) is 29.5 Å². The van der Waals surface area contributed by atoms with Gasteiger partial charge in [-0.2, -0.15) is 0 Å². The number of nitrogens with zero attached hydrogens (tertiary/aromatic N) is 1. The number of carbonyl (C=O) groups is 1. The first-order chi connectivity index (χ1) is 8.42. The summed E-state index contributed by atoms with van der Waals surface area (Å²) < 4.78 is 5.40. The highest BCUT2D eigenvalue weighted by atomic mass is 32.1. The molecule has 96 valence electrons. The predicted molar refractivity (Wildman–Crippen MR) is 72.5 cm³/mol. The van der Waals surface area contributed by atoms with Gasteiger partial charge in [0, 0.05) is 17.0 Å². The molecule has 0 saturated carbocycles. The molecule has 1 amide bonds. The van der Waals surface area contributed by atoms with Crippen molar-refractivity contribution in [1.29, 1.82) is 0 Å². The van der Waals surface area contributed by atoms with Gasteiger partial charge >= 0.3 is 6.09 Å². The number of amides is 1. The fraction of sp³-hybridized carbons (Fsp3) is 0.500. The Kier molecular flexibility index (Phi) is 3.36. The second-order valence-corrected chi connectivity index (χ2v) is 6.29. The van der Waals surface area contributed by atoms with E-state index in [-0.39, 0.29) is 12.1 Å². The molecule has 0 aliphatic carbocycles. The minimum Gasteiger partial charge on any atom is -0.444 e. The fourth-order valence-corrected chi connectivity index (χ4v) is 2.92. The molecular formula is C14H17NO2S. The highest BCUT2D eigenvalue weighted by molar-refractivity contribution is 7.10. The van der Waals surface area contributed by atoms with Crippen LogP contribution < -0.4 is 0 Å². The van der Waals surface area contributed by atoms with Crippen LogP contribution in [-0.2, 0) is 11.2 Å². The lowest BCUT2D eigenvalue weighted by Gasteiger charge is -2.34. The largest absolute Gasteiger partial charge is 0.444 e. The zero-order valence-electron chi connectivity index (χ0n) is 10.9. The van der Waals surface area contributed by atoms with Crippen LogP contribution in [0.3, 0.4) is 0 Å². The Morgan fingerprint density at radius 2 is 2.33 bits per heavy atom. The molecule has 0 bridgehead atoms. The summed E-state index contributed by atoms with van der Waals surface area (Å²) in [6.07, 6.45) is 6.09. The number of thiophene rings is 1. The monoisotopic (exact) mass is 263 g/mol. The van der Waals surface area contributed by atoms with E-state index in [2.05, 4.69) is 5.92 Å². The lowest BCUT2D eigenvalue weighted by atomic mass is 10.0. The minimum atomic E-state index is -0.495. The smallest absolute Gasteiger partial charge is 0.411 e.